The third-order valence-corrected chi connectivity index (χ3v) is 5.11. The highest BCUT2D eigenvalue weighted by molar-refractivity contribution is 7.99. The van der Waals surface area contributed by atoms with E-state index in [1.165, 1.54) is 10.5 Å². The molecule has 2 aromatic rings. The lowest BCUT2D eigenvalue weighted by Gasteiger charge is -2.27. The second-order valence-electron chi connectivity index (χ2n) is 4.82. The normalized spacial score (nSPS) is 16.9. The Labute approximate surface area is 138 Å². The summed E-state index contributed by atoms with van der Waals surface area (Å²) in [5.41, 5.74) is 2.62. The zero-order valence-electron chi connectivity index (χ0n) is 11.1. The van der Waals surface area contributed by atoms with Gasteiger partial charge in [-0.2, -0.15) is 5.26 Å². The van der Waals surface area contributed by atoms with Crippen LogP contribution in [0, 0.1) is 11.3 Å². The van der Waals surface area contributed by atoms with Gasteiger partial charge < -0.3 is 5.32 Å². The van der Waals surface area contributed by atoms with Gasteiger partial charge in [0.05, 0.1) is 28.4 Å². The number of fused-ring (bicyclic) bond motifs is 1. The summed E-state index contributed by atoms with van der Waals surface area (Å²) in [5, 5.41) is 13.7. The predicted molar refractivity (Wildman–Crippen MR) is 89.3 cm³/mol. The van der Waals surface area contributed by atoms with E-state index in [1.54, 1.807) is 12.1 Å². The van der Waals surface area contributed by atoms with Gasteiger partial charge in [-0.25, -0.2) is 0 Å². The number of hydrogen-bond acceptors (Lipinski definition) is 3. The predicted octanol–water partition coefficient (Wildman–Crippen LogP) is 5.51. The van der Waals surface area contributed by atoms with Gasteiger partial charge in [0.1, 0.15) is 0 Å². The highest BCUT2D eigenvalue weighted by Crippen LogP contribution is 2.40. The van der Waals surface area contributed by atoms with Gasteiger partial charge in [-0.15, -0.1) is 11.8 Å². The second-order valence-corrected chi connectivity index (χ2v) is 6.80. The van der Waals surface area contributed by atoms with Crippen molar-refractivity contribution in [1.29, 1.82) is 5.26 Å². The van der Waals surface area contributed by atoms with Gasteiger partial charge >= 0.3 is 0 Å². The van der Waals surface area contributed by atoms with Gasteiger partial charge in [0.25, 0.3) is 0 Å². The third-order valence-electron chi connectivity index (χ3n) is 3.44. The molecule has 3 rings (SSSR count). The first-order valence-electron chi connectivity index (χ1n) is 6.56. The molecule has 0 fully saturated rings. The minimum absolute atomic E-state index is 0.186. The van der Waals surface area contributed by atoms with Crippen LogP contribution in [0.25, 0.3) is 0 Å². The molecule has 21 heavy (non-hydrogen) atoms. The van der Waals surface area contributed by atoms with E-state index in [4.69, 9.17) is 28.5 Å². The van der Waals surface area contributed by atoms with Crippen molar-refractivity contribution in [1.82, 2.24) is 0 Å². The fourth-order valence-electron chi connectivity index (χ4n) is 2.40. The minimum atomic E-state index is 0.186. The lowest BCUT2D eigenvalue weighted by atomic mass is 10.0. The van der Waals surface area contributed by atoms with Gasteiger partial charge in [-0.3, -0.25) is 0 Å². The van der Waals surface area contributed by atoms with Gasteiger partial charge in [-0.1, -0.05) is 23.2 Å². The van der Waals surface area contributed by atoms with Crippen molar-refractivity contribution in [3.63, 3.8) is 0 Å². The summed E-state index contributed by atoms with van der Waals surface area (Å²) in [7, 11) is 0. The molecular weight excluding hydrogens is 323 g/mol. The topological polar surface area (TPSA) is 35.8 Å². The molecule has 0 amide bonds. The fourth-order valence-corrected chi connectivity index (χ4v) is 3.93. The zero-order valence-corrected chi connectivity index (χ0v) is 13.4. The smallest absolute Gasteiger partial charge is 0.0992 e. The second kappa shape index (κ2) is 6.19. The van der Waals surface area contributed by atoms with Crippen LogP contribution in [-0.2, 0) is 0 Å². The van der Waals surface area contributed by atoms with Crippen molar-refractivity contribution in [2.75, 3.05) is 11.1 Å². The van der Waals surface area contributed by atoms with E-state index in [0.717, 1.165) is 22.9 Å². The Bertz CT molecular complexity index is 725. The third kappa shape index (κ3) is 3.13. The van der Waals surface area contributed by atoms with Crippen LogP contribution in [-0.4, -0.2) is 5.75 Å². The first-order chi connectivity index (χ1) is 10.2. The number of benzene rings is 2. The first kappa shape index (κ1) is 14.6. The summed E-state index contributed by atoms with van der Waals surface area (Å²) >= 11 is 14.2. The maximum Gasteiger partial charge on any atom is 0.0992 e. The number of nitriles is 1. The van der Waals surface area contributed by atoms with Crippen LogP contribution in [0.3, 0.4) is 0 Å². The van der Waals surface area contributed by atoms with Crippen LogP contribution >= 0.6 is 35.0 Å². The molecular formula is C16H12Cl2N2S. The van der Waals surface area contributed by atoms with Crippen molar-refractivity contribution < 1.29 is 0 Å². The van der Waals surface area contributed by atoms with Gasteiger partial charge in [0.2, 0.25) is 0 Å². The molecule has 2 nitrogen and oxygen atoms in total. The average Bonchev–Trinajstić information content (AvgIpc) is 2.49. The number of rotatable bonds is 2. The average molecular weight is 335 g/mol. The Morgan fingerprint density at radius 2 is 2.05 bits per heavy atom. The molecule has 1 N–H and O–H groups in total. The van der Waals surface area contributed by atoms with Crippen LogP contribution in [0.1, 0.15) is 23.6 Å². The molecule has 1 unspecified atom stereocenters. The quantitative estimate of drug-likeness (QED) is 0.785. The van der Waals surface area contributed by atoms with E-state index in [0.29, 0.717) is 10.6 Å². The lowest BCUT2D eigenvalue weighted by Crippen LogP contribution is -2.16. The van der Waals surface area contributed by atoms with E-state index in [2.05, 4.69) is 17.5 Å². The Morgan fingerprint density at radius 1 is 1.19 bits per heavy atom. The maximum atomic E-state index is 8.89. The molecule has 0 aromatic heterocycles. The number of nitrogens with one attached hydrogen (secondary N) is 1. The summed E-state index contributed by atoms with van der Waals surface area (Å²) in [6, 6.07) is 13.6. The van der Waals surface area contributed by atoms with Crippen LogP contribution in [0.4, 0.5) is 5.69 Å². The number of hydrogen-bond donors (Lipinski definition) is 1. The Kier molecular flexibility index (Phi) is 4.30. The number of anilines is 1. The number of nitrogens with zero attached hydrogens (tertiary/aromatic N) is 1. The molecule has 0 spiro atoms. The summed E-state index contributed by atoms with van der Waals surface area (Å²) in [6.07, 6.45) is 1.01. The molecule has 1 aliphatic heterocycles. The van der Waals surface area contributed by atoms with E-state index in [9.17, 15) is 0 Å². The summed E-state index contributed by atoms with van der Waals surface area (Å²) in [4.78, 5) is 1.26. The van der Waals surface area contributed by atoms with E-state index < -0.39 is 0 Å². The van der Waals surface area contributed by atoms with E-state index >= 15 is 0 Å². The fraction of sp³-hybridized carbons (Fsp3) is 0.188. The lowest BCUT2D eigenvalue weighted by molar-refractivity contribution is 0.729. The number of thioether (sulfide) groups is 1. The maximum absolute atomic E-state index is 8.89. The zero-order chi connectivity index (χ0) is 14.8. The van der Waals surface area contributed by atoms with Crippen molar-refractivity contribution in [3.8, 4) is 6.07 Å². The van der Waals surface area contributed by atoms with E-state index in [-0.39, 0.29) is 6.04 Å². The van der Waals surface area contributed by atoms with Crippen LogP contribution in [0.15, 0.2) is 41.3 Å². The molecule has 1 heterocycles. The Balaban J connectivity index is 1.90. The minimum Gasteiger partial charge on any atom is -0.377 e. The van der Waals surface area contributed by atoms with Crippen molar-refractivity contribution in [3.05, 3.63) is 57.6 Å². The molecule has 0 bridgehead atoms. The molecule has 106 valence electrons. The van der Waals surface area contributed by atoms with Crippen LogP contribution < -0.4 is 5.32 Å². The van der Waals surface area contributed by atoms with Crippen molar-refractivity contribution >= 4 is 40.7 Å². The molecule has 0 radical (unpaired) electrons. The molecule has 5 heteroatoms. The van der Waals surface area contributed by atoms with Gasteiger partial charge in [0.15, 0.2) is 0 Å². The number of halogens is 2. The highest BCUT2D eigenvalue weighted by Gasteiger charge is 2.21. The molecule has 0 saturated carbocycles. The van der Waals surface area contributed by atoms with Gasteiger partial charge in [0, 0.05) is 15.7 Å². The highest BCUT2D eigenvalue weighted by atomic mass is 35.5. The monoisotopic (exact) mass is 334 g/mol. The molecule has 1 aliphatic rings. The first-order valence-corrected chi connectivity index (χ1v) is 8.30. The van der Waals surface area contributed by atoms with Crippen molar-refractivity contribution in [2.24, 2.45) is 0 Å². The van der Waals surface area contributed by atoms with Crippen molar-refractivity contribution in [2.45, 2.75) is 17.4 Å². The standard InChI is InChI=1S/C16H12Cl2N2S/c17-11-2-4-16-12(8-11)14(5-6-21-16)20-15-3-1-10(9-19)7-13(15)18/h1-4,7-8,14,20H,5-6H2. The molecule has 1 atom stereocenters. The SMILES string of the molecule is N#Cc1ccc(NC2CCSc3ccc(Cl)cc32)c(Cl)c1. The van der Waals surface area contributed by atoms with E-state index in [1.807, 2.05) is 30.0 Å². The molecule has 0 aliphatic carbocycles. The summed E-state index contributed by atoms with van der Waals surface area (Å²) in [6.45, 7) is 0. The van der Waals surface area contributed by atoms with Crippen LogP contribution in [0.5, 0.6) is 0 Å². The summed E-state index contributed by atoms with van der Waals surface area (Å²) < 4.78 is 0. The Hall–Kier alpha value is -1.34. The summed E-state index contributed by atoms with van der Waals surface area (Å²) in [5.74, 6) is 1.06. The largest absolute Gasteiger partial charge is 0.377 e. The Morgan fingerprint density at radius 3 is 2.81 bits per heavy atom. The molecule has 0 saturated heterocycles. The van der Waals surface area contributed by atoms with Gasteiger partial charge in [-0.05, 0) is 48.4 Å². The van der Waals surface area contributed by atoms with Crippen LogP contribution in [0.2, 0.25) is 10.0 Å². The molecule has 2 aromatic carbocycles.